The van der Waals surface area contributed by atoms with Gasteiger partial charge >= 0.3 is 7.82 Å². The van der Waals surface area contributed by atoms with Crippen LogP contribution < -0.4 is 13.6 Å². The Kier molecular flexibility index (Phi) is 25.0. The first-order valence-corrected chi connectivity index (χ1v) is 27.6. The van der Waals surface area contributed by atoms with Crippen molar-refractivity contribution in [2.24, 2.45) is 0 Å². The smallest absolute Gasteiger partial charge is 0.385 e. The zero-order valence-electron chi connectivity index (χ0n) is 42.4. The SMILES string of the molecule is CCCCc1cc(CCCC)c(OP(=O)(Oc2c(CCCC)cc(CCCC)c(C)c2CCCC)Oc2c(CCCC)cc(CCCC)c(C)c2CCCC)c(CCCC)c1C. The molecule has 0 bridgehead atoms. The second kappa shape index (κ2) is 29.0. The molecular formula is C57H93O4P. The first-order chi connectivity index (χ1) is 30.0. The highest BCUT2D eigenvalue weighted by Gasteiger charge is 2.39. The Morgan fingerprint density at radius 1 is 0.323 bits per heavy atom. The third kappa shape index (κ3) is 15.5. The molecule has 0 aliphatic carbocycles. The van der Waals surface area contributed by atoms with Gasteiger partial charge < -0.3 is 13.6 Å². The van der Waals surface area contributed by atoms with E-state index in [4.69, 9.17) is 13.6 Å². The molecule has 5 heteroatoms. The lowest BCUT2D eigenvalue weighted by atomic mass is 9.90. The van der Waals surface area contributed by atoms with E-state index < -0.39 is 7.82 Å². The van der Waals surface area contributed by atoms with Crippen LogP contribution in [0.1, 0.15) is 245 Å². The zero-order chi connectivity index (χ0) is 45.5. The number of hydrogen-bond donors (Lipinski definition) is 0. The number of aryl methyl sites for hydroxylation is 6. The van der Waals surface area contributed by atoms with Crippen LogP contribution >= 0.6 is 7.82 Å². The monoisotopic (exact) mass is 873 g/mol. The van der Waals surface area contributed by atoms with E-state index in [0.29, 0.717) is 0 Å². The van der Waals surface area contributed by atoms with Gasteiger partial charge in [0.1, 0.15) is 17.2 Å². The van der Waals surface area contributed by atoms with Crippen molar-refractivity contribution in [1.29, 1.82) is 0 Å². The maximum Gasteiger partial charge on any atom is 0.647 e. The van der Waals surface area contributed by atoms with Crippen LogP contribution in [-0.2, 0) is 62.4 Å². The Hall–Kier alpha value is -2.71. The zero-order valence-corrected chi connectivity index (χ0v) is 43.3. The Bertz CT molecular complexity index is 1610. The van der Waals surface area contributed by atoms with Crippen molar-refractivity contribution < 1.29 is 18.1 Å². The fourth-order valence-corrected chi connectivity index (χ4v) is 10.5. The summed E-state index contributed by atoms with van der Waals surface area (Å²) in [5, 5.41) is 0. The molecule has 0 aliphatic rings. The Morgan fingerprint density at radius 3 is 0.726 bits per heavy atom. The average molecular weight is 873 g/mol. The fraction of sp³-hybridized carbons (Fsp3) is 0.684. The highest BCUT2D eigenvalue weighted by atomic mass is 31.2. The van der Waals surface area contributed by atoms with Crippen molar-refractivity contribution >= 4 is 7.82 Å². The summed E-state index contributed by atoms with van der Waals surface area (Å²) in [6, 6.07) is 7.15. The lowest BCUT2D eigenvalue weighted by Crippen LogP contribution is -2.16. The minimum Gasteiger partial charge on any atom is -0.385 e. The van der Waals surface area contributed by atoms with Gasteiger partial charge in [0.2, 0.25) is 0 Å². The first kappa shape index (κ1) is 53.6. The summed E-state index contributed by atoms with van der Waals surface area (Å²) in [4.78, 5) is 0. The summed E-state index contributed by atoms with van der Waals surface area (Å²) in [5.41, 5.74) is 15.0. The van der Waals surface area contributed by atoms with Crippen LogP contribution in [0.3, 0.4) is 0 Å². The highest BCUT2D eigenvalue weighted by molar-refractivity contribution is 7.49. The largest absolute Gasteiger partial charge is 0.647 e. The highest BCUT2D eigenvalue weighted by Crippen LogP contribution is 2.56. The molecule has 0 spiro atoms. The van der Waals surface area contributed by atoms with Gasteiger partial charge in [0.05, 0.1) is 0 Å². The molecule has 0 N–H and O–H groups in total. The van der Waals surface area contributed by atoms with E-state index in [2.05, 4.69) is 101 Å². The van der Waals surface area contributed by atoms with E-state index in [1.807, 2.05) is 0 Å². The normalized spacial score (nSPS) is 11.7. The van der Waals surface area contributed by atoms with Crippen LogP contribution in [0.15, 0.2) is 18.2 Å². The van der Waals surface area contributed by atoms with Gasteiger partial charge in [0, 0.05) is 0 Å². The molecule has 0 atom stereocenters. The molecule has 3 rings (SSSR count). The molecule has 0 saturated carbocycles. The number of unbranched alkanes of at least 4 members (excludes halogenated alkanes) is 9. The molecule has 0 amide bonds. The molecule has 3 aromatic carbocycles. The van der Waals surface area contributed by atoms with Gasteiger partial charge in [-0.25, -0.2) is 0 Å². The molecule has 0 saturated heterocycles. The number of rotatable bonds is 33. The van der Waals surface area contributed by atoms with Crippen LogP contribution in [0.25, 0.3) is 0 Å². The second-order valence-corrected chi connectivity index (χ2v) is 20.0. The van der Waals surface area contributed by atoms with Crippen LogP contribution in [0.2, 0.25) is 0 Å². The van der Waals surface area contributed by atoms with E-state index >= 15 is 4.57 Å². The maximum atomic E-state index is 16.7. The predicted molar refractivity (Wildman–Crippen MR) is 271 cm³/mol. The summed E-state index contributed by atoms with van der Waals surface area (Å²) in [5.74, 6) is 2.24. The van der Waals surface area contributed by atoms with Crippen LogP contribution in [0.5, 0.6) is 17.2 Å². The number of phosphoric acid groups is 1. The van der Waals surface area contributed by atoms with Crippen molar-refractivity contribution in [3.63, 3.8) is 0 Å². The molecule has 0 aromatic heterocycles. The summed E-state index contributed by atoms with van der Waals surface area (Å²) in [6.45, 7) is 27.2. The maximum absolute atomic E-state index is 16.7. The number of benzene rings is 3. The molecule has 0 aliphatic heterocycles. The van der Waals surface area contributed by atoms with E-state index in [9.17, 15) is 0 Å². The molecule has 3 aromatic rings. The van der Waals surface area contributed by atoms with Crippen molar-refractivity contribution in [1.82, 2.24) is 0 Å². The van der Waals surface area contributed by atoms with Gasteiger partial charge in [-0.05, 0) is 203 Å². The molecule has 350 valence electrons. The summed E-state index contributed by atoms with van der Waals surface area (Å²) in [7, 11) is -4.41. The Morgan fingerprint density at radius 2 is 0.516 bits per heavy atom. The number of hydrogen-bond acceptors (Lipinski definition) is 4. The summed E-state index contributed by atoms with van der Waals surface area (Å²) in [6.07, 6.45) is 27.9. The second-order valence-electron chi connectivity index (χ2n) is 18.5. The lowest BCUT2D eigenvalue weighted by molar-refractivity contribution is 0.291. The molecular weight excluding hydrogens is 780 g/mol. The molecule has 0 unspecified atom stereocenters. The lowest BCUT2D eigenvalue weighted by Gasteiger charge is -2.29. The van der Waals surface area contributed by atoms with Gasteiger partial charge in [-0.3, -0.25) is 0 Å². The molecule has 4 nitrogen and oxygen atoms in total. The van der Waals surface area contributed by atoms with Crippen molar-refractivity contribution in [2.45, 2.75) is 256 Å². The first-order valence-electron chi connectivity index (χ1n) is 26.1. The standard InChI is InChI=1S/C57H93O4P/c1-13-22-31-46-40-49(34-25-16-4)55(52(43(46)10)37-28-19-7)59-62(58,60-56-50(35-26-17-5)41-47(32-23-14-2)44(11)53(56)38-29-20-8)61-57-51(36-27-18-6)42-48(33-24-15-3)45(12)54(57)39-30-21-9/h40-42H,13-39H2,1-12H3. The minimum absolute atomic E-state index is 0.746. The third-order valence-corrected chi connectivity index (χ3v) is 14.5. The molecule has 0 fully saturated rings. The average Bonchev–Trinajstić information content (AvgIpc) is 3.26. The number of phosphoric ester groups is 1. The van der Waals surface area contributed by atoms with E-state index in [-0.39, 0.29) is 0 Å². The van der Waals surface area contributed by atoms with Gasteiger partial charge in [0.25, 0.3) is 0 Å². The summed E-state index contributed by atoms with van der Waals surface area (Å²) < 4.78 is 38.7. The topological polar surface area (TPSA) is 44.8 Å². The molecule has 62 heavy (non-hydrogen) atoms. The van der Waals surface area contributed by atoms with Crippen molar-refractivity contribution in [3.05, 3.63) is 85.0 Å². The van der Waals surface area contributed by atoms with Gasteiger partial charge in [-0.2, -0.15) is 4.57 Å². The molecule has 0 heterocycles. The van der Waals surface area contributed by atoms with Crippen molar-refractivity contribution in [2.75, 3.05) is 0 Å². The minimum atomic E-state index is -4.41. The van der Waals surface area contributed by atoms with Crippen LogP contribution in [0.4, 0.5) is 0 Å². The predicted octanol–water partition coefficient (Wildman–Crippen LogP) is 18.3. The van der Waals surface area contributed by atoms with E-state index in [1.54, 1.807) is 0 Å². The van der Waals surface area contributed by atoms with E-state index in [0.717, 1.165) is 207 Å². The van der Waals surface area contributed by atoms with Crippen LogP contribution in [0, 0.1) is 20.8 Å². The molecule has 0 radical (unpaired) electrons. The third-order valence-electron chi connectivity index (χ3n) is 13.3. The fourth-order valence-electron chi connectivity index (χ4n) is 9.06. The van der Waals surface area contributed by atoms with Gasteiger partial charge in [0.15, 0.2) is 0 Å². The Labute approximate surface area is 383 Å². The van der Waals surface area contributed by atoms with Gasteiger partial charge in [-0.15, -0.1) is 0 Å². The van der Waals surface area contributed by atoms with Gasteiger partial charge in [-0.1, -0.05) is 138 Å². The Balaban J connectivity index is 2.55. The van der Waals surface area contributed by atoms with E-state index in [1.165, 1.54) is 50.1 Å². The van der Waals surface area contributed by atoms with Crippen molar-refractivity contribution in [3.8, 4) is 17.2 Å². The quantitative estimate of drug-likeness (QED) is 0.0572. The summed E-state index contributed by atoms with van der Waals surface area (Å²) >= 11 is 0. The van der Waals surface area contributed by atoms with Crippen LogP contribution in [-0.4, -0.2) is 0 Å².